The number of alkyl halides is 4. The van der Waals surface area contributed by atoms with Gasteiger partial charge in [0.2, 0.25) is 5.78 Å². The quantitative estimate of drug-likeness (QED) is 0.264. The van der Waals surface area contributed by atoms with Gasteiger partial charge in [-0.05, 0) is 24.6 Å². The Morgan fingerprint density at radius 3 is 2.65 bits per heavy atom. The molecule has 3 N–H and O–H groups in total. The van der Waals surface area contributed by atoms with Gasteiger partial charge in [-0.25, -0.2) is 27.5 Å². The van der Waals surface area contributed by atoms with Crippen molar-refractivity contribution in [2.75, 3.05) is 11.9 Å². The number of ketones is 1. The molecule has 1 aliphatic heterocycles. The number of carbonyl (C=O) groups is 2. The van der Waals surface area contributed by atoms with Crippen LogP contribution in [0.4, 0.5) is 32.0 Å². The van der Waals surface area contributed by atoms with Crippen LogP contribution in [0.2, 0.25) is 0 Å². The third-order valence-electron chi connectivity index (χ3n) is 4.59. The van der Waals surface area contributed by atoms with Gasteiger partial charge in [-0.1, -0.05) is 0 Å². The average molecular weight is 490 g/mol. The number of halogens is 6. The first-order valence-electron chi connectivity index (χ1n) is 9.54. The van der Waals surface area contributed by atoms with Crippen LogP contribution in [-0.4, -0.2) is 40.8 Å². The lowest BCUT2D eigenvalue weighted by Gasteiger charge is -2.29. The molecule has 1 aliphatic rings. The van der Waals surface area contributed by atoms with E-state index in [-0.39, 0.29) is 23.9 Å². The standard InChI is InChI=1S/C20H16F6N4O4/c21-9-1-2-11(22)10(5-9)15-17(30-18(32)12(31)6-14(27)34-19(23)24)16(29-8-28-15)13-3-4-20(25,26)7-33-13/h1-2,5-6,8,13,19H,3-4,7,27H2,(H,30,32). The van der Waals surface area contributed by atoms with E-state index in [1.54, 1.807) is 0 Å². The summed E-state index contributed by atoms with van der Waals surface area (Å²) in [5.74, 6) is -8.90. The monoisotopic (exact) mass is 490 g/mol. The van der Waals surface area contributed by atoms with Crippen LogP contribution < -0.4 is 11.1 Å². The molecule has 0 saturated carbocycles. The van der Waals surface area contributed by atoms with Crippen molar-refractivity contribution in [2.45, 2.75) is 31.5 Å². The smallest absolute Gasteiger partial charge is 0.388 e. The van der Waals surface area contributed by atoms with Crippen LogP contribution in [0, 0.1) is 11.6 Å². The first kappa shape index (κ1) is 25.0. The Labute approximate surface area is 187 Å². The third kappa shape index (κ3) is 6.01. The second-order valence-corrected chi connectivity index (χ2v) is 7.04. The summed E-state index contributed by atoms with van der Waals surface area (Å²) in [5.41, 5.74) is 3.64. The number of nitrogens with two attached hydrogens (primary N) is 1. The number of carbonyl (C=O) groups excluding carboxylic acids is 2. The zero-order chi connectivity index (χ0) is 25.0. The summed E-state index contributed by atoms with van der Waals surface area (Å²) < 4.78 is 88.6. The van der Waals surface area contributed by atoms with E-state index in [1.807, 2.05) is 0 Å². The Morgan fingerprint density at radius 1 is 1.26 bits per heavy atom. The predicted octanol–water partition coefficient (Wildman–Crippen LogP) is 3.46. The Kier molecular flexibility index (Phi) is 7.39. The summed E-state index contributed by atoms with van der Waals surface area (Å²) in [6, 6.07) is 2.36. The number of hydrogen-bond acceptors (Lipinski definition) is 7. The molecular weight excluding hydrogens is 474 g/mol. The highest BCUT2D eigenvalue weighted by atomic mass is 19.3. The summed E-state index contributed by atoms with van der Waals surface area (Å²) in [6.07, 6.45) is -0.795. The van der Waals surface area contributed by atoms with Crippen molar-refractivity contribution in [2.24, 2.45) is 5.73 Å². The third-order valence-corrected chi connectivity index (χ3v) is 4.59. The molecule has 0 aliphatic carbocycles. The van der Waals surface area contributed by atoms with Crippen molar-refractivity contribution in [3.8, 4) is 11.3 Å². The molecule has 0 bridgehead atoms. The van der Waals surface area contributed by atoms with Crippen LogP contribution in [0.1, 0.15) is 24.6 Å². The van der Waals surface area contributed by atoms with Gasteiger partial charge in [0, 0.05) is 12.0 Å². The van der Waals surface area contributed by atoms with Crippen LogP contribution in [0.25, 0.3) is 11.3 Å². The van der Waals surface area contributed by atoms with Gasteiger partial charge in [0.15, 0.2) is 5.88 Å². The minimum Gasteiger partial charge on any atom is -0.419 e. The fraction of sp³-hybridized carbons (Fsp3) is 0.300. The molecule has 1 aromatic heterocycles. The lowest BCUT2D eigenvalue weighted by atomic mass is 10.00. The van der Waals surface area contributed by atoms with E-state index in [0.29, 0.717) is 0 Å². The molecule has 1 atom stereocenters. The van der Waals surface area contributed by atoms with Gasteiger partial charge in [-0.15, -0.1) is 0 Å². The lowest BCUT2D eigenvalue weighted by molar-refractivity contribution is -0.146. The Bertz CT molecular complexity index is 1120. The number of nitrogens with one attached hydrogen (secondary N) is 1. The molecule has 1 fully saturated rings. The molecule has 14 heteroatoms. The number of benzene rings is 1. The maximum absolute atomic E-state index is 14.4. The minimum absolute atomic E-state index is 0.189. The largest absolute Gasteiger partial charge is 0.419 e. The lowest BCUT2D eigenvalue weighted by Crippen LogP contribution is -2.32. The number of amides is 1. The van der Waals surface area contributed by atoms with E-state index in [0.717, 1.165) is 24.5 Å². The normalized spacial score (nSPS) is 18.0. The Morgan fingerprint density at radius 2 is 2.00 bits per heavy atom. The van der Waals surface area contributed by atoms with Crippen LogP contribution in [0.15, 0.2) is 36.5 Å². The molecule has 0 spiro atoms. The van der Waals surface area contributed by atoms with Crippen molar-refractivity contribution < 1.29 is 45.4 Å². The topological polar surface area (TPSA) is 116 Å². The highest BCUT2D eigenvalue weighted by Gasteiger charge is 2.38. The number of ether oxygens (including phenoxy) is 2. The van der Waals surface area contributed by atoms with Gasteiger partial charge in [0.25, 0.3) is 11.8 Å². The van der Waals surface area contributed by atoms with E-state index in [9.17, 15) is 35.9 Å². The van der Waals surface area contributed by atoms with Crippen molar-refractivity contribution in [3.05, 3.63) is 53.8 Å². The summed E-state index contributed by atoms with van der Waals surface area (Å²) in [7, 11) is 0. The van der Waals surface area contributed by atoms with Crippen LogP contribution >= 0.6 is 0 Å². The van der Waals surface area contributed by atoms with Gasteiger partial charge in [-0.2, -0.15) is 8.78 Å². The first-order valence-corrected chi connectivity index (χ1v) is 9.54. The molecular formula is C20H16F6N4O4. The molecule has 182 valence electrons. The predicted molar refractivity (Wildman–Crippen MR) is 103 cm³/mol. The molecule has 0 radical (unpaired) electrons. The van der Waals surface area contributed by atoms with Crippen molar-refractivity contribution in [1.82, 2.24) is 9.97 Å². The number of aromatic nitrogens is 2. The van der Waals surface area contributed by atoms with Crippen LogP contribution in [0.3, 0.4) is 0 Å². The summed E-state index contributed by atoms with van der Waals surface area (Å²) in [5, 5.41) is 2.09. The zero-order valence-electron chi connectivity index (χ0n) is 17.0. The molecule has 1 saturated heterocycles. The molecule has 1 unspecified atom stereocenters. The molecule has 8 nitrogen and oxygen atoms in total. The molecule has 2 aromatic rings. The number of anilines is 1. The molecule has 3 rings (SSSR count). The van der Waals surface area contributed by atoms with E-state index in [4.69, 9.17) is 10.5 Å². The van der Waals surface area contributed by atoms with Gasteiger partial charge in [0.1, 0.15) is 36.4 Å². The maximum atomic E-state index is 14.4. The van der Waals surface area contributed by atoms with Crippen LogP contribution in [-0.2, 0) is 19.1 Å². The highest BCUT2D eigenvalue weighted by molar-refractivity contribution is 6.44. The fourth-order valence-corrected chi connectivity index (χ4v) is 3.09. The first-order chi connectivity index (χ1) is 16.0. The van der Waals surface area contributed by atoms with Crippen molar-refractivity contribution in [1.29, 1.82) is 0 Å². The SMILES string of the molecule is NC(=CC(=O)C(=O)Nc1c(-c2cc(F)ccc2F)ncnc1C1CCC(F)(F)CO1)OC(F)F. The van der Waals surface area contributed by atoms with Gasteiger partial charge < -0.3 is 20.5 Å². The van der Waals surface area contributed by atoms with E-state index < -0.39 is 72.1 Å². The van der Waals surface area contributed by atoms with E-state index >= 15 is 0 Å². The second kappa shape index (κ2) is 10.1. The Hall–Kier alpha value is -3.68. The Balaban J connectivity index is 2.02. The maximum Gasteiger partial charge on any atom is 0.388 e. The summed E-state index contributed by atoms with van der Waals surface area (Å²) in [4.78, 5) is 32.3. The minimum atomic E-state index is -3.36. The van der Waals surface area contributed by atoms with E-state index in [1.165, 1.54) is 0 Å². The van der Waals surface area contributed by atoms with Crippen molar-refractivity contribution >= 4 is 17.4 Å². The molecule has 1 aromatic carbocycles. The molecule has 2 heterocycles. The number of nitrogens with zero attached hydrogens (tertiary/aromatic N) is 2. The second-order valence-electron chi connectivity index (χ2n) is 7.04. The van der Waals surface area contributed by atoms with Gasteiger partial charge >= 0.3 is 6.61 Å². The number of hydrogen-bond donors (Lipinski definition) is 2. The average Bonchev–Trinajstić information content (AvgIpc) is 2.75. The molecule has 1 amide bonds. The zero-order valence-corrected chi connectivity index (χ0v) is 17.0. The fourth-order valence-electron chi connectivity index (χ4n) is 3.09. The van der Waals surface area contributed by atoms with E-state index in [2.05, 4.69) is 20.0 Å². The molecule has 34 heavy (non-hydrogen) atoms. The highest BCUT2D eigenvalue weighted by Crippen LogP contribution is 2.40. The summed E-state index contributed by atoms with van der Waals surface area (Å²) >= 11 is 0. The van der Waals surface area contributed by atoms with Gasteiger partial charge in [-0.3, -0.25) is 9.59 Å². The van der Waals surface area contributed by atoms with Gasteiger partial charge in [0.05, 0.1) is 17.5 Å². The van der Waals surface area contributed by atoms with Crippen molar-refractivity contribution in [3.63, 3.8) is 0 Å². The van der Waals surface area contributed by atoms with Crippen LogP contribution in [0.5, 0.6) is 0 Å². The summed E-state index contributed by atoms with van der Waals surface area (Å²) in [6.45, 7) is -4.33. The number of rotatable bonds is 7.